The number of nitrogens with zero attached hydrogens (tertiary/aromatic N) is 3. The van der Waals surface area contributed by atoms with Gasteiger partial charge in [0, 0.05) is 40.8 Å². The van der Waals surface area contributed by atoms with Crippen LogP contribution in [0.1, 0.15) is 36.3 Å². The summed E-state index contributed by atoms with van der Waals surface area (Å²) in [5.74, 6) is 0.450. The molecule has 0 saturated heterocycles. The smallest absolute Gasteiger partial charge is 0.132 e. The van der Waals surface area contributed by atoms with E-state index in [4.69, 9.17) is 10.7 Å². The van der Waals surface area contributed by atoms with E-state index in [1.54, 1.807) is 19.5 Å². The standard InChI is InChI=1S/C18H20N4OS/c1-3-4-15(23)16-8-11-5-6-14(22-18(11)24-16)12-7-13(9-20-2)17(19)21-10-12/h5-10,15,23H,3-4H2,1-2H3,(H2,19,21). The van der Waals surface area contributed by atoms with Crippen LogP contribution in [0.15, 0.2) is 35.5 Å². The Morgan fingerprint density at radius 3 is 2.96 bits per heavy atom. The monoisotopic (exact) mass is 340 g/mol. The number of hydrogen-bond acceptors (Lipinski definition) is 6. The van der Waals surface area contributed by atoms with E-state index in [1.807, 2.05) is 24.3 Å². The number of anilines is 1. The molecule has 0 fully saturated rings. The summed E-state index contributed by atoms with van der Waals surface area (Å²) in [6.07, 6.45) is 4.71. The SMILES string of the molecule is CCCC(O)c1cc2ccc(-c3cnc(N)c(C=NC)c3)nc2s1. The Morgan fingerprint density at radius 1 is 1.38 bits per heavy atom. The maximum Gasteiger partial charge on any atom is 0.132 e. The van der Waals surface area contributed by atoms with Crippen molar-refractivity contribution in [3.05, 3.63) is 40.9 Å². The number of aliphatic imine (C=N–C) groups is 1. The lowest BCUT2D eigenvalue weighted by Crippen LogP contribution is -1.98. The molecule has 3 heterocycles. The van der Waals surface area contributed by atoms with Crippen LogP contribution in [0.5, 0.6) is 0 Å². The number of rotatable bonds is 5. The van der Waals surface area contributed by atoms with Gasteiger partial charge in [-0.2, -0.15) is 0 Å². The second-order valence-electron chi connectivity index (χ2n) is 5.63. The molecular weight excluding hydrogens is 320 g/mol. The van der Waals surface area contributed by atoms with Crippen LogP contribution in [0, 0.1) is 0 Å². The lowest BCUT2D eigenvalue weighted by molar-refractivity contribution is 0.170. The van der Waals surface area contributed by atoms with Crippen molar-refractivity contribution in [1.82, 2.24) is 9.97 Å². The lowest BCUT2D eigenvalue weighted by atomic mass is 10.1. The minimum Gasteiger partial charge on any atom is -0.388 e. The molecule has 0 aliphatic rings. The van der Waals surface area contributed by atoms with Gasteiger partial charge in [0.25, 0.3) is 0 Å². The van der Waals surface area contributed by atoms with Gasteiger partial charge in [-0.05, 0) is 30.7 Å². The second kappa shape index (κ2) is 7.07. The first kappa shape index (κ1) is 16.5. The predicted molar refractivity (Wildman–Crippen MR) is 101 cm³/mol. The molecule has 3 N–H and O–H groups in total. The summed E-state index contributed by atoms with van der Waals surface area (Å²) in [7, 11) is 1.70. The largest absolute Gasteiger partial charge is 0.388 e. The van der Waals surface area contributed by atoms with Crippen LogP contribution in [-0.4, -0.2) is 28.3 Å². The Labute approximate surface area is 144 Å². The number of hydrogen-bond donors (Lipinski definition) is 2. The molecule has 0 spiro atoms. The highest BCUT2D eigenvalue weighted by Crippen LogP contribution is 2.32. The van der Waals surface area contributed by atoms with Gasteiger partial charge in [0.15, 0.2) is 0 Å². The van der Waals surface area contributed by atoms with Crippen LogP contribution >= 0.6 is 11.3 Å². The summed E-state index contributed by atoms with van der Waals surface area (Å²) >= 11 is 1.54. The Kier molecular flexibility index (Phi) is 4.87. The van der Waals surface area contributed by atoms with Crippen LogP contribution in [-0.2, 0) is 0 Å². The maximum absolute atomic E-state index is 10.2. The molecule has 1 unspecified atom stereocenters. The molecule has 3 aromatic rings. The predicted octanol–water partition coefficient (Wildman–Crippen LogP) is 3.82. The van der Waals surface area contributed by atoms with Crippen molar-refractivity contribution in [2.45, 2.75) is 25.9 Å². The third-order valence-corrected chi connectivity index (χ3v) is 4.95. The van der Waals surface area contributed by atoms with Gasteiger partial charge < -0.3 is 10.8 Å². The molecule has 124 valence electrons. The molecule has 0 aliphatic heterocycles. The normalized spacial score (nSPS) is 13.0. The molecule has 24 heavy (non-hydrogen) atoms. The average Bonchev–Trinajstić information content (AvgIpc) is 3.00. The van der Waals surface area contributed by atoms with Crippen molar-refractivity contribution >= 4 is 33.6 Å². The van der Waals surface area contributed by atoms with E-state index in [0.717, 1.165) is 44.8 Å². The molecule has 5 nitrogen and oxygen atoms in total. The first-order valence-electron chi connectivity index (χ1n) is 7.89. The van der Waals surface area contributed by atoms with Crippen LogP contribution in [0.4, 0.5) is 5.82 Å². The highest BCUT2D eigenvalue weighted by atomic mass is 32.1. The zero-order chi connectivity index (χ0) is 17.1. The van der Waals surface area contributed by atoms with Gasteiger partial charge in [0.1, 0.15) is 10.6 Å². The Morgan fingerprint density at radius 2 is 2.21 bits per heavy atom. The van der Waals surface area contributed by atoms with Crippen molar-refractivity contribution in [2.75, 3.05) is 12.8 Å². The van der Waals surface area contributed by atoms with Crippen molar-refractivity contribution in [3.63, 3.8) is 0 Å². The Hall–Kier alpha value is -2.31. The van der Waals surface area contributed by atoms with Gasteiger partial charge >= 0.3 is 0 Å². The van der Waals surface area contributed by atoms with Crippen LogP contribution < -0.4 is 5.73 Å². The first-order valence-corrected chi connectivity index (χ1v) is 8.70. The molecule has 0 aliphatic carbocycles. The summed E-state index contributed by atoms with van der Waals surface area (Å²) in [5, 5.41) is 11.2. The number of nitrogens with two attached hydrogens (primary N) is 1. The van der Waals surface area contributed by atoms with Crippen molar-refractivity contribution in [3.8, 4) is 11.3 Å². The first-order chi connectivity index (χ1) is 11.6. The van der Waals surface area contributed by atoms with Crippen LogP contribution in [0.3, 0.4) is 0 Å². The number of fused-ring (bicyclic) bond motifs is 1. The second-order valence-corrected chi connectivity index (χ2v) is 6.69. The van der Waals surface area contributed by atoms with E-state index in [0.29, 0.717) is 5.82 Å². The highest BCUT2D eigenvalue weighted by Gasteiger charge is 2.12. The quantitative estimate of drug-likeness (QED) is 0.691. The van der Waals surface area contributed by atoms with E-state index in [2.05, 4.69) is 16.9 Å². The van der Waals surface area contributed by atoms with E-state index in [1.165, 1.54) is 11.3 Å². The third kappa shape index (κ3) is 3.29. The number of nitrogen functional groups attached to an aromatic ring is 1. The van der Waals surface area contributed by atoms with Gasteiger partial charge in [0.2, 0.25) is 0 Å². The molecule has 0 amide bonds. The van der Waals surface area contributed by atoms with Gasteiger partial charge in [-0.3, -0.25) is 4.99 Å². The number of aromatic nitrogens is 2. The van der Waals surface area contributed by atoms with Crippen molar-refractivity contribution in [2.24, 2.45) is 4.99 Å². The molecule has 1 atom stereocenters. The molecule has 3 rings (SSSR count). The van der Waals surface area contributed by atoms with E-state index in [-0.39, 0.29) is 0 Å². The maximum atomic E-state index is 10.2. The van der Waals surface area contributed by atoms with Crippen LogP contribution in [0.2, 0.25) is 0 Å². The number of pyridine rings is 2. The van der Waals surface area contributed by atoms with Crippen LogP contribution in [0.25, 0.3) is 21.5 Å². The van der Waals surface area contributed by atoms with Crippen molar-refractivity contribution in [1.29, 1.82) is 0 Å². The van der Waals surface area contributed by atoms with E-state index < -0.39 is 6.10 Å². The lowest BCUT2D eigenvalue weighted by Gasteiger charge is -2.04. The number of thiophene rings is 1. The average molecular weight is 340 g/mol. The topological polar surface area (TPSA) is 84.4 Å². The van der Waals surface area contributed by atoms with E-state index >= 15 is 0 Å². The van der Waals surface area contributed by atoms with Crippen molar-refractivity contribution < 1.29 is 5.11 Å². The van der Waals surface area contributed by atoms with Gasteiger partial charge in [-0.25, -0.2) is 9.97 Å². The molecule has 0 radical (unpaired) electrons. The molecule has 6 heteroatoms. The summed E-state index contributed by atoms with van der Waals surface area (Å²) in [6, 6.07) is 7.95. The molecule has 0 aromatic carbocycles. The molecule has 0 saturated carbocycles. The summed E-state index contributed by atoms with van der Waals surface area (Å²) in [6.45, 7) is 2.07. The number of aliphatic hydroxyl groups excluding tert-OH is 1. The minimum absolute atomic E-state index is 0.414. The fourth-order valence-corrected chi connectivity index (χ4v) is 3.60. The zero-order valence-electron chi connectivity index (χ0n) is 13.7. The van der Waals surface area contributed by atoms with Gasteiger partial charge in [-0.15, -0.1) is 11.3 Å². The molecular formula is C18H20N4OS. The summed E-state index contributed by atoms with van der Waals surface area (Å²) in [4.78, 5) is 14.8. The Bertz CT molecular complexity index is 888. The summed E-state index contributed by atoms with van der Waals surface area (Å²) in [5.41, 5.74) is 8.37. The molecule has 0 bridgehead atoms. The van der Waals surface area contributed by atoms with E-state index in [9.17, 15) is 5.11 Å². The highest BCUT2D eigenvalue weighted by molar-refractivity contribution is 7.18. The molecule has 3 aromatic heterocycles. The number of aliphatic hydroxyl groups is 1. The summed E-state index contributed by atoms with van der Waals surface area (Å²) < 4.78 is 0. The fourth-order valence-electron chi connectivity index (χ4n) is 2.55. The minimum atomic E-state index is -0.414. The third-order valence-electron chi connectivity index (χ3n) is 3.81. The van der Waals surface area contributed by atoms with Gasteiger partial charge in [-0.1, -0.05) is 13.3 Å². The fraction of sp³-hybridized carbons (Fsp3) is 0.278. The zero-order valence-corrected chi connectivity index (χ0v) is 14.5. The Balaban J connectivity index is 2.00. The van der Waals surface area contributed by atoms with Gasteiger partial charge in [0.05, 0.1) is 11.8 Å².